The number of amides is 1. The topological polar surface area (TPSA) is 49.3 Å². The number of carbonyl (C=O) groups is 1. The van der Waals surface area contributed by atoms with Crippen molar-refractivity contribution in [1.29, 1.82) is 0 Å². The van der Waals surface area contributed by atoms with Gasteiger partial charge in [-0.15, -0.1) is 0 Å². The highest BCUT2D eigenvalue weighted by Crippen LogP contribution is 2.29. The predicted molar refractivity (Wildman–Crippen MR) is 101 cm³/mol. The number of hydrogen-bond acceptors (Lipinski definition) is 5. The summed E-state index contributed by atoms with van der Waals surface area (Å²) < 4.78 is 0. The number of carbonyl (C=O) groups excluding carboxylic acids is 1. The number of fused-ring (bicyclic) bond motifs is 1. The molecule has 0 saturated carbocycles. The molecule has 0 atom stereocenters. The van der Waals surface area contributed by atoms with Crippen molar-refractivity contribution in [2.45, 2.75) is 30.7 Å². The summed E-state index contributed by atoms with van der Waals surface area (Å²) in [5, 5.41) is 0.872. The molecule has 1 amide bonds. The standard InChI is InChI=1S/C19H22N4OS/c24-19(23-11-8-15-6-2-3-7-16(15)23)13-25-18-12-17(20-14-21-18)22-9-4-1-5-10-22/h2-3,6-7,12,14H,1,4-5,8-11,13H2. The summed E-state index contributed by atoms with van der Waals surface area (Å²) in [5.74, 6) is 1.54. The zero-order chi connectivity index (χ0) is 17.1. The number of anilines is 2. The van der Waals surface area contributed by atoms with Crippen LogP contribution in [0.1, 0.15) is 24.8 Å². The predicted octanol–water partition coefficient (Wildman–Crippen LogP) is 3.15. The fourth-order valence-electron chi connectivity index (χ4n) is 3.52. The normalized spacial score (nSPS) is 16.8. The molecule has 0 bridgehead atoms. The maximum absolute atomic E-state index is 12.6. The van der Waals surface area contributed by atoms with Gasteiger partial charge in [-0.05, 0) is 37.3 Å². The van der Waals surface area contributed by atoms with Crippen LogP contribution in [0.5, 0.6) is 0 Å². The number of para-hydroxylation sites is 1. The zero-order valence-corrected chi connectivity index (χ0v) is 15.0. The SMILES string of the molecule is O=C(CSc1cc(N2CCCCC2)ncn1)N1CCc2ccccc21. The van der Waals surface area contributed by atoms with Crippen molar-refractivity contribution < 1.29 is 4.79 Å². The Kier molecular flexibility index (Phi) is 4.88. The second-order valence-electron chi connectivity index (χ2n) is 6.47. The number of hydrogen-bond donors (Lipinski definition) is 0. The average Bonchev–Trinajstić information content (AvgIpc) is 3.11. The first-order chi connectivity index (χ1) is 12.3. The number of nitrogens with zero attached hydrogens (tertiary/aromatic N) is 4. The number of aromatic nitrogens is 2. The molecule has 0 spiro atoms. The van der Waals surface area contributed by atoms with Gasteiger partial charge in [0.1, 0.15) is 17.2 Å². The third-order valence-electron chi connectivity index (χ3n) is 4.84. The van der Waals surface area contributed by atoms with Gasteiger partial charge in [-0.25, -0.2) is 9.97 Å². The van der Waals surface area contributed by atoms with Crippen LogP contribution in [-0.4, -0.2) is 41.3 Å². The third-order valence-corrected chi connectivity index (χ3v) is 5.75. The molecule has 4 rings (SSSR count). The van der Waals surface area contributed by atoms with Crippen molar-refractivity contribution in [2.24, 2.45) is 0 Å². The summed E-state index contributed by atoms with van der Waals surface area (Å²) in [4.78, 5) is 25.6. The van der Waals surface area contributed by atoms with E-state index in [0.29, 0.717) is 5.75 Å². The summed E-state index contributed by atoms with van der Waals surface area (Å²) in [6.45, 7) is 2.90. The Labute approximate surface area is 152 Å². The molecule has 0 N–H and O–H groups in total. The largest absolute Gasteiger partial charge is 0.356 e. The molecule has 1 aromatic heterocycles. The van der Waals surface area contributed by atoms with Crippen molar-refractivity contribution in [1.82, 2.24) is 9.97 Å². The summed E-state index contributed by atoms with van der Waals surface area (Å²) in [6, 6.07) is 10.2. The van der Waals surface area contributed by atoms with Crippen molar-refractivity contribution in [3.63, 3.8) is 0 Å². The Bertz CT molecular complexity index is 761. The van der Waals surface area contributed by atoms with Gasteiger partial charge >= 0.3 is 0 Å². The van der Waals surface area contributed by atoms with Gasteiger partial charge in [0.25, 0.3) is 0 Å². The first-order valence-corrected chi connectivity index (χ1v) is 9.88. The Hall–Kier alpha value is -2.08. The molecule has 25 heavy (non-hydrogen) atoms. The van der Waals surface area contributed by atoms with Gasteiger partial charge in [0.05, 0.1) is 5.75 Å². The third kappa shape index (κ3) is 3.63. The van der Waals surface area contributed by atoms with Gasteiger partial charge in [0, 0.05) is 31.4 Å². The Morgan fingerprint density at radius 1 is 1.08 bits per heavy atom. The summed E-state index contributed by atoms with van der Waals surface area (Å²) in [5.41, 5.74) is 2.32. The van der Waals surface area contributed by atoms with Gasteiger partial charge in [0.2, 0.25) is 5.91 Å². The Morgan fingerprint density at radius 3 is 2.80 bits per heavy atom. The van der Waals surface area contributed by atoms with Gasteiger partial charge in [0.15, 0.2) is 0 Å². The molecule has 130 valence electrons. The number of thioether (sulfide) groups is 1. The lowest BCUT2D eigenvalue weighted by molar-refractivity contribution is -0.116. The molecule has 3 heterocycles. The second kappa shape index (κ2) is 7.44. The van der Waals surface area contributed by atoms with E-state index in [1.165, 1.54) is 36.6 Å². The van der Waals surface area contributed by atoms with Crippen molar-refractivity contribution in [3.8, 4) is 0 Å². The maximum atomic E-state index is 12.6. The van der Waals surface area contributed by atoms with E-state index in [9.17, 15) is 4.79 Å². The highest BCUT2D eigenvalue weighted by molar-refractivity contribution is 7.99. The van der Waals surface area contributed by atoms with Crippen molar-refractivity contribution in [3.05, 3.63) is 42.2 Å². The lowest BCUT2D eigenvalue weighted by atomic mass is 10.1. The molecule has 0 unspecified atom stereocenters. The quantitative estimate of drug-likeness (QED) is 0.624. The number of rotatable bonds is 4. The van der Waals surface area contributed by atoms with E-state index in [4.69, 9.17) is 0 Å². The molecule has 6 heteroatoms. The molecule has 0 radical (unpaired) electrons. The first kappa shape index (κ1) is 16.4. The zero-order valence-electron chi connectivity index (χ0n) is 14.2. The van der Waals surface area contributed by atoms with E-state index in [2.05, 4.69) is 20.9 Å². The minimum Gasteiger partial charge on any atom is -0.356 e. The molecular formula is C19H22N4OS. The van der Waals surface area contributed by atoms with Crippen molar-refractivity contribution >= 4 is 29.2 Å². The van der Waals surface area contributed by atoms with Crippen LogP contribution in [0.15, 0.2) is 41.7 Å². The maximum Gasteiger partial charge on any atom is 0.237 e. The molecule has 1 aromatic carbocycles. The lowest BCUT2D eigenvalue weighted by Crippen LogP contribution is -2.30. The van der Waals surface area contributed by atoms with Crippen LogP contribution in [0.3, 0.4) is 0 Å². The smallest absolute Gasteiger partial charge is 0.237 e. The molecule has 2 aliphatic heterocycles. The first-order valence-electron chi connectivity index (χ1n) is 8.89. The Balaban J connectivity index is 1.39. The molecule has 2 aromatic rings. The fourth-order valence-corrected chi connectivity index (χ4v) is 4.25. The van der Waals surface area contributed by atoms with Crippen LogP contribution < -0.4 is 9.80 Å². The van der Waals surface area contributed by atoms with E-state index < -0.39 is 0 Å². The minimum absolute atomic E-state index is 0.146. The van der Waals surface area contributed by atoms with E-state index in [1.807, 2.05) is 29.2 Å². The molecule has 2 aliphatic rings. The van der Waals surface area contributed by atoms with E-state index >= 15 is 0 Å². The van der Waals surface area contributed by atoms with E-state index in [-0.39, 0.29) is 5.91 Å². The van der Waals surface area contributed by atoms with Gasteiger partial charge in [-0.3, -0.25) is 4.79 Å². The number of piperidine rings is 1. The number of benzene rings is 1. The summed E-state index contributed by atoms with van der Waals surface area (Å²) >= 11 is 1.50. The highest BCUT2D eigenvalue weighted by Gasteiger charge is 2.24. The van der Waals surface area contributed by atoms with Crippen LogP contribution in [0.25, 0.3) is 0 Å². The van der Waals surface area contributed by atoms with Gasteiger partial charge < -0.3 is 9.80 Å². The molecule has 5 nitrogen and oxygen atoms in total. The molecule has 1 saturated heterocycles. The monoisotopic (exact) mass is 354 g/mol. The average molecular weight is 354 g/mol. The molecule has 1 fully saturated rings. The van der Waals surface area contributed by atoms with Crippen molar-refractivity contribution in [2.75, 3.05) is 35.2 Å². The summed E-state index contributed by atoms with van der Waals surface area (Å²) in [6.07, 6.45) is 6.30. The molecular weight excluding hydrogens is 332 g/mol. The minimum atomic E-state index is 0.146. The van der Waals surface area contributed by atoms with Crippen LogP contribution in [0.2, 0.25) is 0 Å². The van der Waals surface area contributed by atoms with Gasteiger partial charge in [-0.2, -0.15) is 0 Å². The second-order valence-corrected chi connectivity index (χ2v) is 7.47. The van der Waals surface area contributed by atoms with Crippen LogP contribution in [0.4, 0.5) is 11.5 Å². The Morgan fingerprint density at radius 2 is 1.92 bits per heavy atom. The fraction of sp³-hybridized carbons (Fsp3) is 0.421. The van der Waals surface area contributed by atoms with Crippen LogP contribution in [-0.2, 0) is 11.2 Å². The summed E-state index contributed by atoms with van der Waals surface area (Å²) in [7, 11) is 0. The van der Waals surface area contributed by atoms with Crippen LogP contribution >= 0.6 is 11.8 Å². The lowest BCUT2D eigenvalue weighted by Gasteiger charge is -2.27. The molecule has 0 aliphatic carbocycles. The van der Waals surface area contributed by atoms with E-state index in [1.54, 1.807) is 6.33 Å². The van der Waals surface area contributed by atoms with Gasteiger partial charge in [-0.1, -0.05) is 30.0 Å². The highest BCUT2D eigenvalue weighted by atomic mass is 32.2. The van der Waals surface area contributed by atoms with E-state index in [0.717, 1.165) is 42.6 Å². The van der Waals surface area contributed by atoms with Crippen LogP contribution in [0, 0.1) is 0 Å².